The summed E-state index contributed by atoms with van der Waals surface area (Å²) in [6, 6.07) is 1.51. The Bertz CT molecular complexity index is 865. The third kappa shape index (κ3) is 2.97. The molecule has 8 nitrogen and oxygen atoms in total. The molecule has 0 spiro atoms. The zero-order valence-corrected chi connectivity index (χ0v) is 15.5. The van der Waals surface area contributed by atoms with E-state index in [1.807, 2.05) is 0 Å². The summed E-state index contributed by atoms with van der Waals surface area (Å²) in [4.78, 5) is 25.0. The second-order valence-corrected chi connectivity index (χ2v) is 6.02. The molecule has 1 aromatic carbocycles. The Kier molecular flexibility index (Phi) is 4.98. The van der Waals surface area contributed by atoms with Crippen LogP contribution in [0.15, 0.2) is 29.2 Å². The van der Waals surface area contributed by atoms with E-state index in [0.717, 1.165) is 0 Å². The first kappa shape index (κ1) is 18.6. The van der Waals surface area contributed by atoms with Crippen LogP contribution in [0, 0.1) is 5.92 Å². The Labute approximate surface area is 155 Å². The maximum Gasteiger partial charge on any atom is 0.228 e. The minimum Gasteiger partial charge on any atom is -0.504 e. The van der Waals surface area contributed by atoms with Crippen LogP contribution in [-0.4, -0.2) is 51.7 Å². The van der Waals surface area contributed by atoms with E-state index in [-0.39, 0.29) is 40.9 Å². The Morgan fingerprint density at radius 1 is 1.00 bits per heavy atom. The summed E-state index contributed by atoms with van der Waals surface area (Å²) >= 11 is 0. The lowest BCUT2D eigenvalue weighted by Crippen LogP contribution is -2.31. The fourth-order valence-electron chi connectivity index (χ4n) is 3.36. The van der Waals surface area contributed by atoms with Gasteiger partial charge in [-0.3, -0.25) is 9.59 Å². The van der Waals surface area contributed by atoms with Gasteiger partial charge in [0.1, 0.15) is 0 Å². The van der Waals surface area contributed by atoms with Gasteiger partial charge in [0.05, 0.1) is 35.0 Å². The zero-order chi connectivity index (χ0) is 19.7. The number of carbonyl (C=O) groups excluding carboxylic acids is 2. The smallest absolute Gasteiger partial charge is 0.228 e. The molecule has 0 aromatic heterocycles. The van der Waals surface area contributed by atoms with Crippen molar-refractivity contribution in [3.63, 3.8) is 0 Å². The molecule has 0 saturated heterocycles. The Morgan fingerprint density at radius 2 is 1.67 bits per heavy atom. The first-order valence-electron chi connectivity index (χ1n) is 8.19. The molecule has 1 aromatic rings. The van der Waals surface area contributed by atoms with Gasteiger partial charge in [0.2, 0.25) is 34.6 Å². The number of phenolic OH excluding ortho intramolecular Hbond substituents is 1. The van der Waals surface area contributed by atoms with E-state index < -0.39 is 17.5 Å². The number of allylic oxidation sites excluding steroid dienone is 2. The number of methoxy groups -OCH3 is 4. The predicted molar refractivity (Wildman–Crippen MR) is 93.0 cm³/mol. The topological polar surface area (TPSA) is 101 Å². The number of hydrogen-bond donors (Lipinski definition) is 1. The van der Waals surface area contributed by atoms with Gasteiger partial charge in [0.15, 0.2) is 11.5 Å². The SMILES string of the molecule is COC1=C(OC)C(=O)C([C@@H]2COc3c(cc(O)c(OC)c3OC)C2)=CC1=O. The molecule has 8 heteroatoms. The van der Waals surface area contributed by atoms with Crippen molar-refractivity contribution < 1.29 is 38.4 Å². The lowest BCUT2D eigenvalue weighted by atomic mass is 9.84. The van der Waals surface area contributed by atoms with Crippen molar-refractivity contribution in [2.45, 2.75) is 6.42 Å². The van der Waals surface area contributed by atoms with Crippen LogP contribution >= 0.6 is 0 Å². The van der Waals surface area contributed by atoms with E-state index in [4.69, 9.17) is 23.7 Å². The summed E-state index contributed by atoms with van der Waals surface area (Å²) in [7, 11) is 5.48. The molecule has 0 fully saturated rings. The summed E-state index contributed by atoms with van der Waals surface area (Å²) in [5, 5.41) is 10.2. The van der Waals surface area contributed by atoms with Crippen molar-refractivity contribution in [3.05, 3.63) is 34.8 Å². The Morgan fingerprint density at radius 3 is 2.26 bits per heavy atom. The quantitative estimate of drug-likeness (QED) is 0.773. The van der Waals surface area contributed by atoms with E-state index in [9.17, 15) is 14.7 Å². The molecule has 0 amide bonds. The molecule has 3 rings (SSSR count). The number of hydrogen-bond acceptors (Lipinski definition) is 8. The summed E-state index contributed by atoms with van der Waals surface area (Å²) in [5.74, 6) is -0.698. The van der Waals surface area contributed by atoms with E-state index in [1.54, 1.807) is 0 Å². The maximum atomic E-state index is 12.7. The molecule has 1 atom stereocenters. The fourth-order valence-corrected chi connectivity index (χ4v) is 3.36. The van der Waals surface area contributed by atoms with Gasteiger partial charge in [-0.15, -0.1) is 0 Å². The molecule has 1 heterocycles. The number of ketones is 2. The van der Waals surface area contributed by atoms with Crippen LogP contribution in [0.2, 0.25) is 0 Å². The van der Waals surface area contributed by atoms with Crippen LogP contribution in [0.25, 0.3) is 0 Å². The number of ether oxygens (including phenoxy) is 5. The third-order valence-electron chi connectivity index (χ3n) is 4.58. The predicted octanol–water partition coefficient (Wildman–Crippen LogP) is 1.54. The normalized spacial score (nSPS) is 19.1. The van der Waals surface area contributed by atoms with Gasteiger partial charge in [-0.2, -0.15) is 0 Å². The number of phenols is 1. The molecule has 1 N–H and O–H groups in total. The second-order valence-electron chi connectivity index (χ2n) is 6.02. The van der Waals surface area contributed by atoms with Crippen LogP contribution in [0.4, 0.5) is 0 Å². The number of carbonyl (C=O) groups is 2. The number of Topliss-reactive ketones (excluding diaryl/α,β-unsaturated/α-hetero) is 1. The van der Waals surface area contributed by atoms with Gasteiger partial charge in [0.25, 0.3) is 0 Å². The van der Waals surface area contributed by atoms with Crippen molar-refractivity contribution in [2.75, 3.05) is 35.0 Å². The average molecular weight is 376 g/mol. The molecule has 1 aliphatic heterocycles. The van der Waals surface area contributed by atoms with Gasteiger partial charge in [-0.1, -0.05) is 0 Å². The highest BCUT2D eigenvalue weighted by Crippen LogP contribution is 2.49. The maximum absolute atomic E-state index is 12.7. The van der Waals surface area contributed by atoms with Crippen LogP contribution in [-0.2, 0) is 25.5 Å². The molecular formula is C19H20O8. The number of aromatic hydroxyl groups is 1. The van der Waals surface area contributed by atoms with Crippen molar-refractivity contribution in [1.82, 2.24) is 0 Å². The molecule has 144 valence electrons. The number of rotatable bonds is 5. The zero-order valence-electron chi connectivity index (χ0n) is 15.5. The van der Waals surface area contributed by atoms with Crippen molar-refractivity contribution in [1.29, 1.82) is 0 Å². The molecule has 0 bridgehead atoms. The summed E-state index contributed by atoms with van der Waals surface area (Å²) in [5.41, 5.74) is 0.917. The average Bonchev–Trinajstić information content (AvgIpc) is 2.67. The van der Waals surface area contributed by atoms with Crippen molar-refractivity contribution in [2.24, 2.45) is 5.92 Å². The monoisotopic (exact) mass is 376 g/mol. The first-order chi connectivity index (χ1) is 13.0. The third-order valence-corrected chi connectivity index (χ3v) is 4.58. The molecule has 0 radical (unpaired) electrons. The standard InChI is InChI=1S/C19H20O8/c1-23-16-13(21)7-11(14(22)18(16)25-3)10-5-9-6-12(20)17(24-2)19(26-4)15(9)27-8-10/h6-7,10,20H,5,8H2,1-4H3/t10-/m0/s1. The van der Waals surface area contributed by atoms with Crippen molar-refractivity contribution in [3.8, 4) is 23.0 Å². The van der Waals surface area contributed by atoms with E-state index in [1.165, 1.54) is 40.6 Å². The molecular weight excluding hydrogens is 356 g/mol. The second kappa shape index (κ2) is 7.22. The fraction of sp³-hybridized carbons (Fsp3) is 0.368. The summed E-state index contributed by atoms with van der Waals surface area (Å²) < 4.78 is 26.3. The minimum absolute atomic E-state index is 0.100. The van der Waals surface area contributed by atoms with Crippen LogP contribution in [0.3, 0.4) is 0 Å². The van der Waals surface area contributed by atoms with Gasteiger partial charge in [-0.05, 0) is 18.6 Å². The molecule has 2 aliphatic rings. The van der Waals surface area contributed by atoms with Gasteiger partial charge < -0.3 is 28.8 Å². The first-order valence-corrected chi connectivity index (χ1v) is 8.19. The van der Waals surface area contributed by atoms with Crippen LogP contribution in [0.1, 0.15) is 5.56 Å². The van der Waals surface area contributed by atoms with E-state index in [0.29, 0.717) is 17.7 Å². The van der Waals surface area contributed by atoms with Crippen LogP contribution in [0.5, 0.6) is 23.0 Å². The largest absolute Gasteiger partial charge is 0.504 e. The van der Waals surface area contributed by atoms with Gasteiger partial charge in [-0.25, -0.2) is 0 Å². The summed E-state index contributed by atoms with van der Waals surface area (Å²) in [6.07, 6.45) is 1.62. The van der Waals surface area contributed by atoms with Gasteiger partial charge in [0, 0.05) is 17.1 Å². The number of fused-ring (bicyclic) bond motifs is 1. The minimum atomic E-state index is -0.440. The molecule has 0 saturated carbocycles. The molecule has 1 aliphatic carbocycles. The highest BCUT2D eigenvalue weighted by atomic mass is 16.5. The number of benzene rings is 1. The lowest BCUT2D eigenvalue weighted by molar-refractivity contribution is -0.121. The van der Waals surface area contributed by atoms with Crippen molar-refractivity contribution >= 4 is 11.6 Å². The lowest BCUT2D eigenvalue weighted by Gasteiger charge is -2.30. The van der Waals surface area contributed by atoms with Crippen LogP contribution < -0.4 is 14.2 Å². The molecule has 0 unspecified atom stereocenters. The Balaban J connectivity index is 1.97. The highest BCUT2D eigenvalue weighted by Gasteiger charge is 2.37. The van der Waals surface area contributed by atoms with E-state index in [2.05, 4.69) is 0 Å². The molecule has 27 heavy (non-hydrogen) atoms. The van der Waals surface area contributed by atoms with E-state index >= 15 is 0 Å². The summed E-state index contributed by atoms with van der Waals surface area (Å²) in [6.45, 7) is 0.154. The Hall–Kier alpha value is -3.16. The highest BCUT2D eigenvalue weighted by molar-refractivity contribution is 6.21. The van der Waals surface area contributed by atoms with Gasteiger partial charge >= 0.3 is 0 Å².